The molecule has 0 spiro atoms. The molecule has 0 aromatic heterocycles. The van der Waals surface area contributed by atoms with Crippen molar-refractivity contribution in [3.05, 3.63) is 19.1 Å². The Kier molecular flexibility index (Phi) is 17.3. The van der Waals surface area contributed by atoms with Crippen molar-refractivity contribution in [2.24, 2.45) is 4.99 Å². The van der Waals surface area contributed by atoms with Crippen LogP contribution in [0.1, 0.15) is 39.0 Å². The molecule has 0 aliphatic rings. The maximum atomic E-state index is 4.21. The molecule has 0 atom stereocenters. The molecule has 0 N–H and O–H groups in total. The maximum absolute atomic E-state index is 4.21. The van der Waals surface area contributed by atoms with Gasteiger partial charge in [0.2, 0.25) is 0 Å². The number of allylic oxidation sites excluding steroid dienone is 2. The first-order valence-corrected chi connectivity index (χ1v) is 4.86. The second-order valence-corrected chi connectivity index (χ2v) is 2.90. The van der Waals surface area contributed by atoms with E-state index in [9.17, 15) is 0 Å². The van der Waals surface area contributed by atoms with Crippen molar-refractivity contribution in [2.45, 2.75) is 39.0 Å². The van der Waals surface area contributed by atoms with Gasteiger partial charge in [-0.05, 0) is 19.4 Å². The van der Waals surface area contributed by atoms with Gasteiger partial charge < -0.3 is 0 Å². The van der Waals surface area contributed by atoms with Gasteiger partial charge in [0.05, 0.1) is 0 Å². The fourth-order valence-corrected chi connectivity index (χ4v) is 1.00. The first-order chi connectivity index (χ1) is 5.91. The van der Waals surface area contributed by atoms with E-state index in [4.69, 9.17) is 0 Å². The van der Waals surface area contributed by atoms with Crippen molar-refractivity contribution in [3.63, 3.8) is 0 Å². The van der Waals surface area contributed by atoms with Crippen molar-refractivity contribution < 1.29 is 0 Å². The Hall–Kier alpha value is 0.00740. The summed E-state index contributed by atoms with van der Waals surface area (Å²) in [4.78, 5) is 4.21. The van der Waals surface area contributed by atoms with Crippen LogP contribution in [0.4, 0.5) is 0 Å². The zero-order valence-corrected chi connectivity index (χ0v) is 8.13. The Bertz CT molecular complexity index is 130. The Morgan fingerprint density at radius 1 is 1.15 bits per heavy atom. The number of hydrogen-bond donors (Lipinski definition) is 0. The SMILES string of the molecule is [CH2]C=CC=NCCCCCCC.[LiH]. The third-order valence-electron chi connectivity index (χ3n) is 1.72. The Morgan fingerprint density at radius 2 is 1.85 bits per heavy atom. The molecule has 0 amide bonds. The summed E-state index contributed by atoms with van der Waals surface area (Å²) in [6.07, 6.45) is 12.0. The van der Waals surface area contributed by atoms with Crippen LogP contribution in [0.15, 0.2) is 17.1 Å². The topological polar surface area (TPSA) is 12.4 Å². The van der Waals surface area contributed by atoms with Gasteiger partial charge in [-0.1, -0.05) is 38.7 Å². The summed E-state index contributed by atoms with van der Waals surface area (Å²) in [7, 11) is 0. The van der Waals surface area contributed by atoms with E-state index in [-0.39, 0.29) is 18.9 Å². The fourth-order valence-electron chi connectivity index (χ4n) is 1.00. The summed E-state index contributed by atoms with van der Waals surface area (Å²) < 4.78 is 0. The average molecular weight is 174 g/mol. The van der Waals surface area contributed by atoms with Gasteiger partial charge >= 0.3 is 18.9 Å². The Labute approximate surface area is 94.9 Å². The molecule has 1 nitrogen and oxygen atoms in total. The average Bonchev–Trinajstić information content (AvgIpc) is 2.10. The molecule has 0 saturated carbocycles. The van der Waals surface area contributed by atoms with Gasteiger partial charge in [0.1, 0.15) is 0 Å². The molecule has 0 aromatic carbocycles. The van der Waals surface area contributed by atoms with Crippen LogP contribution >= 0.6 is 0 Å². The predicted octanol–water partition coefficient (Wildman–Crippen LogP) is 2.77. The number of rotatable bonds is 7. The minimum atomic E-state index is 0. The summed E-state index contributed by atoms with van der Waals surface area (Å²) in [6.45, 7) is 6.77. The molecule has 0 aliphatic carbocycles. The van der Waals surface area contributed by atoms with Crippen molar-refractivity contribution in [1.82, 2.24) is 0 Å². The molecular weight excluding hydrogens is 153 g/mol. The van der Waals surface area contributed by atoms with Gasteiger partial charge in [-0.3, -0.25) is 4.99 Å². The van der Waals surface area contributed by atoms with E-state index in [0.29, 0.717) is 0 Å². The normalized spacial score (nSPS) is 10.9. The van der Waals surface area contributed by atoms with Crippen LogP contribution < -0.4 is 0 Å². The Balaban J connectivity index is 0. The second kappa shape index (κ2) is 14.5. The summed E-state index contributed by atoms with van der Waals surface area (Å²) >= 11 is 0. The minimum absolute atomic E-state index is 0. The van der Waals surface area contributed by atoms with Gasteiger partial charge in [0.25, 0.3) is 0 Å². The molecule has 0 fully saturated rings. The third-order valence-corrected chi connectivity index (χ3v) is 1.72. The van der Waals surface area contributed by atoms with Gasteiger partial charge in [-0.25, -0.2) is 0 Å². The molecule has 0 heterocycles. The number of aliphatic imine (C=N–C) groups is 1. The fraction of sp³-hybridized carbons (Fsp3) is 0.636. The first-order valence-electron chi connectivity index (χ1n) is 4.86. The summed E-state index contributed by atoms with van der Waals surface area (Å²) in [5.74, 6) is 0. The summed E-state index contributed by atoms with van der Waals surface area (Å²) in [5, 5.41) is 0. The van der Waals surface area contributed by atoms with Crippen LogP contribution in [0.2, 0.25) is 0 Å². The van der Waals surface area contributed by atoms with Crippen molar-refractivity contribution >= 4 is 25.1 Å². The second-order valence-electron chi connectivity index (χ2n) is 2.90. The van der Waals surface area contributed by atoms with Crippen LogP contribution in [-0.4, -0.2) is 31.6 Å². The number of unbranched alkanes of at least 4 members (excludes halogenated alkanes) is 4. The molecule has 71 valence electrons. The van der Waals surface area contributed by atoms with Crippen molar-refractivity contribution in [2.75, 3.05) is 6.54 Å². The van der Waals surface area contributed by atoms with E-state index in [2.05, 4.69) is 18.8 Å². The van der Waals surface area contributed by atoms with E-state index in [1.165, 1.54) is 32.1 Å². The van der Waals surface area contributed by atoms with E-state index >= 15 is 0 Å². The molecule has 0 bridgehead atoms. The van der Waals surface area contributed by atoms with Crippen molar-refractivity contribution in [1.29, 1.82) is 0 Å². The molecule has 13 heavy (non-hydrogen) atoms. The van der Waals surface area contributed by atoms with Crippen LogP contribution in [0.5, 0.6) is 0 Å². The zero-order chi connectivity index (χ0) is 9.07. The number of hydrogen-bond acceptors (Lipinski definition) is 1. The molecule has 2 heteroatoms. The van der Waals surface area contributed by atoms with Crippen LogP contribution in [0.25, 0.3) is 0 Å². The van der Waals surface area contributed by atoms with Gasteiger partial charge in [-0.2, -0.15) is 0 Å². The summed E-state index contributed by atoms with van der Waals surface area (Å²) in [5.41, 5.74) is 0. The standard InChI is InChI=1S/C11H20N.Li.H/c1-3-5-7-8-9-11-12-10-6-4-2;;/h4,6,10H,2-3,5,7-9,11H2,1H3;;. The van der Waals surface area contributed by atoms with E-state index in [0.717, 1.165) is 6.54 Å². The number of nitrogens with zero attached hydrogens (tertiary/aromatic N) is 1. The monoisotopic (exact) mass is 174 g/mol. The molecule has 0 aliphatic heterocycles. The van der Waals surface area contributed by atoms with Gasteiger partial charge in [0, 0.05) is 12.8 Å². The molecule has 0 unspecified atom stereocenters. The quantitative estimate of drug-likeness (QED) is 0.320. The summed E-state index contributed by atoms with van der Waals surface area (Å²) in [6, 6.07) is 0. The van der Waals surface area contributed by atoms with Gasteiger partial charge in [-0.15, -0.1) is 0 Å². The van der Waals surface area contributed by atoms with Crippen molar-refractivity contribution in [3.8, 4) is 0 Å². The molecule has 1 radical (unpaired) electrons. The molecular formula is C11H21LiN. The third kappa shape index (κ3) is 14.8. The molecule has 0 rings (SSSR count). The van der Waals surface area contributed by atoms with Crippen LogP contribution in [-0.2, 0) is 0 Å². The van der Waals surface area contributed by atoms with E-state index < -0.39 is 0 Å². The van der Waals surface area contributed by atoms with E-state index in [1.54, 1.807) is 6.08 Å². The Morgan fingerprint density at radius 3 is 2.46 bits per heavy atom. The van der Waals surface area contributed by atoms with Crippen LogP contribution in [0, 0.1) is 6.92 Å². The molecule has 0 saturated heterocycles. The molecule has 0 aromatic rings. The zero-order valence-electron chi connectivity index (χ0n) is 8.13. The first kappa shape index (κ1) is 15.5. The van der Waals surface area contributed by atoms with E-state index in [1.807, 2.05) is 12.3 Å². The predicted molar refractivity (Wildman–Crippen MR) is 63.8 cm³/mol. The van der Waals surface area contributed by atoms with Gasteiger partial charge in [0.15, 0.2) is 0 Å². The van der Waals surface area contributed by atoms with Crippen LogP contribution in [0.3, 0.4) is 0 Å².